The predicted octanol–water partition coefficient (Wildman–Crippen LogP) is 4.77. The number of hydrogen-bond acceptors (Lipinski definition) is 2. The molecule has 0 atom stereocenters. The second-order valence-corrected chi connectivity index (χ2v) is 5.78. The monoisotopic (exact) mass is 360 g/mol. The summed E-state index contributed by atoms with van der Waals surface area (Å²) in [6.45, 7) is 0. The van der Waals surface area contributed by atoms with E-state index < -0.39 is 0 Å². The number of carbonyl (C=O) groups is 1. The van der Waals surface area contributed by atoms with Gasteiger partial charge in [-0.15, -0.1) is 0 Å². The molecule has 0 unspecified atom stereocenters. The average Bonchev–Trinajstić information content (AvgIpc) is 2.92. The number of para-hydroxylation sites is 1. The summed E-state index contributed by atoms with van der Waals surface area (Å²) in [7, 11) is 0. The second-order valence-electron chi connectivity index (χ2n) is 4.46. The summed E-state index contributed by atoms with van der Waals surface area (Å²) in [5, 5.41) is 5.04. The minimum absolute atomic E-state index is 0.503. The third-order valence-electron chi connectivity index (χ3n) is 3.08. The number of benzene rings is 2. The molecule has 0 aliphatic carbocycles. The molecule has 5 heteroatoms. The number of aromatic nitrogens is 2. The van der Waals surface area contributed by atoms with E-state index in [0.29, 0.717) is 16.3 Å². The summed E-state index contributed by atoms with van der Waals surface area (Å²) in [5.41, 5.74) is 2.70. The van der Waals surface area contributed by atoms with Gasteiger partial charge in [0.15, 0.2) is 6.29 Å². The van der Waals surface area contributed by atoms with Gasteiger partial charge in [-0.25, -0.2) is 4.68 Å². The average molecular weight is 362 g/mol. The number of aldehydes is 1. The van der Waals surface area contributed by atoms with Crippen molar-refractivity contribution in [3.8, 4) is 16.9 Å². The van der Waals surface area contributed by atoms with E-state index in [1.165, 1.54) is 0 Å². The van der Waals surface area contributed by atoms with Crippen LogP contribution in [-0.4, -0.2) is 16.1 Å². The zero-order valence-corrected chi connectivity index (χ0v) is 13.2. The maximum absolute atomic E-state index is 11.3. The minimum Gasteiger partial charge on any atom is -0.298 e. The van der Waals surface area contributed by atoms with E-state index in [9.17, 15) is 4.79 Å². The first-order valence-corrected chi connectivity index (χ1v) is 7.42. The Labute approximate surface area is 135 Å². The highest BCUT2D eigenvalue weighted by Crippen LogP contribution is 2.31. The minimum atomic E-state index is 0.503. The molecule has 0 aliphatic heterocycles. The molecule has 3 aromatic rings. The maximum Gasteiger partial charge on any atom is 0.153 e. The summed E-state index contributed by atoms with van der Waals surface area (Å²) in [6, 6.07) is 15.1. The maximum atomic E-state index is 11.3. The van der Waals surface area contributed by atoms with Gasteiger partial charge in [0.2, 0.25) is 0 Å². The van der Waals surface area contributed by atoms with Crippen LogP contribution in [0, 0.1) is 0 Å². The summed E-state index contributed by atoms with van der Waals surface area (Å²) in [5.74, 6) is 0. The molecule has 104 valence electrons. The van der Waals surface area contributed by atoms with E-state index in [-0.39, 0.29) is 0 Å². The summed E-state index contributed by atoms with van der Waals surface area (Å²) in [4.78, 5) is 11.3. The van der Waals surface area contributed by atoms with Gasteiger partial charge in [0.25, 0.3) is 0 Å². The smallest absolute Gasteiger partial charge is 0.153 e. The van der Waals surface area contributed by atoms with Gasteiger partial charge in [0.1, 0.15) is 5.69 Å². The second kappa shape index (κ2) is 5.84. The zero-order valence-electron chi connectivity index (χ0n) is 10.8. The third-order valence-corrected chi connectivity index (χ3v) is 3.88. The van der Waals surface area contributed by atoms with Gasteiger partial charge >= 0.3 is 0 Å². The van der Waals surface area contributed by atoms with E-state index in [2.05, 4.69) is 21.0 Å². The lowest BCUT2D eigenvalue weighted by Gasteiger charge is -2.03. The molecule has 1 heterocycles. The fourth-order valence-electron chi connectivity index (χ4n) is 2.08. The van der Waals surface area contributed by atoms with Crippen LogP contribution in [0.2, 0.25) is 5.02 Å². The topological polar surface area (TPSA) is 34.9 Å². The molecule has 0 bridgehead atoms. The molecule has 1 aromatic heterocycles. The van der Waals surface area contributed by atoms with Crippen molar-refractivity contribution in [3.05, 3.63) is 69.8 Å². The first-order chi connectivity index (χ1) is 10.2. The number of halogens is 2. The van der Waals surface area contributed by atoms with Gasteiger partial charge in [-0.1, -0.05) is 51.8 Å². The predicted molar refractivity (Wildman–Crippen MR) is 87.1 cm³/mol. The SMILES string of the molecule is O=Cc1cn(-c2ccccc2)nc1-c1ccc(Br)cc1Cl. The number of nitrogens with zero attached hydrogens (tertiary/aromatic N) is 2. The van der Waals surface area contributed by atoms with Crippen molar-refractivity contribution in [3.63, 3.8) is 0 Å². The van der Waals surface area contributed by atoms with Crippen LogP contribution in [0.4, 0.5) is 0 Å². The van der Waals surface area contributed by atoms with Crippen molar-refractivity contribution in [1.82, 2.24) is 9.78 Å². The Balaban J connectivity index is 2.15. The van der Waals surface area contributed by atoms with Crippen molar-refractivity contribution in [2.75, 3.05) is 0 Å². The summed E-state index contributed by atoms with van der Waals surface area (Å²) in [6.07, 6.45) is 2.50. The van der Waals surface area contributed by atoms with Crippen molar-refractivity contribution in [1.29, 1.82) is 0 Å². The largest absolute Gasteiger partial charge is 0.298 e. The molecular formula is C16H10BrClN2O. The van der Waals surface area contributed by atoms with Gasteiger partial charge in [-0.3, -0.25) is 4.79 Å². The summed E-state index contributed by atoms with van der Waals surface area (Å²) >= 11 is 9.62. The molecule has 0 spiro atoms. The molecule has 0 N–H and O–H groups in total. The van der Waals surface area contributed by atoms with Crippen molar-refractivity contribution in [2.24, 2.45) is 0 Å². The van der Waals surface area contributed by atoms with Crippen molar-refractivity contribution < 1.29 is 4.79 Å². The number of carbonyl (C=O) groups excluding carboxylic acids is 1. The molecule has 0 amide bonds. The van der Waals surface area contributed by atoms with Crippen LogP contribution in [0.1, 0.15) is 10.4 Å². The van der Waals surface area contributed by atoms with Crippen LogP contribution in [-0.2, 0) is 0 Å². The molecule has 0 saturated carbocycles. The first kappa shape index (κ1) is 14.0. The van der Waals surface area contributed by atoms with Crippen LogP contribution >= 0.6 is 27.5 Å². The van der Waals surface area contributed by atoms with Crippen LogP contribution in [0.5, 0.6) is 0 Å². The van der Waals surface area contributed by atoms with Crippen LogP contribution in [0.25, 0.3) is 16.9 Å². The summed E-state index contributed by atoms with van der Waals surface area (Å²) < 4.78 is 2.56. The Morgan fingerprint density at radius 1 is 1.14 bits per heavy atom. The Kier molecular flexibility index (Phi) is 3.90. The lowest BCUT2D eigenvalue weighted by Crippen LogP contribution is -1.94. The van der Waals surface area contributed by atoms with E-state index in [0.717, 1.165) is 22.0 Å². The standard InChI is InChI=1S/C16H10BrClN2O/c17-12-6-7-14(15(18)8-12)16-11(10-21)9-20(19-16)13-4-2-1-3-5-13/h1-10H. The Hall–Kier alpha value is -1.91. The van der Waals surface area contributed by atoms with E-state index in [1.54, 1.807) is 16.9 Å². The fraction of sp³-hybridized carbons (Fsp3) is 0. The Bertz CT molecular complexity index is 799. The highest BCUT2D eigenvalue weighted by molar-refractivity contribution is 9.10. The van der Waals surface area contributed by atoms with Crippen LogP contribution in [0.3, 0.4) is 0 Å². The van der Waals surface area contributed by atoms with Gasteiger partial charge in [0, 0.05) is 16.2 Å². The molecule has 3 nitrogen and oxygen atoms in total. The molecule has 3 rings (SSSR count). The highest BCUT2D eigenvalue weighted by Gasteiger charge is 2.14. The molecule has 2 aromatic carbocycles. The molecule has 21 heavy (non-hydrogen) atoms. The number of rotatable bonds is 3. The van der Waals surface area contributed by atoms with Crippen molar-refractivity contribution >= 4 is 33.8 Å². The van der Waals surface area contributed by atoms with E-state index >= 15 is 0 Å². The normalized spacial score (nSPS) is 10.6. The molecule has 0 saturated heterocycles. The zero-order chi connectivity index (χ0) is 14.8. The van der Waals surface area contributed by atoms with Crippen LogP contribution in [0.15, 0.2) is 59.2 Å². The lowest BCUT2D eigenvalue weighted by atomic mass is 10.1. The number of hydrogen-bond donors (Lipinski definition) is 0. The van der Waals surface area contributed by atoms with Crippen LogP contribution < -0.4 is 0 Å². The lowest BCUT2D eigenvalue weighted by molar-refractivity contribution is 0.112. The first-order valence-electron chi connectivity index (χ1n) is 6.25. The fourth-order valence-corrected chi connectivity index (χ4v) is 2.84. The quantitative estimate of drug-likeness (QED) is 0.630. The van der Waals surface area contributed by atoms with E-state index in [1.807, 2.05) is 42.5 Å². The van der Waals surface area contributed by atoms with Gasteiger partial charge < -0.3 is 0 Å². The Morgan fingerprint density at radius 3 is 2.57 bits per heavy atom. The Morgan fingerprint density at radius 2 is 1.90 bits per heavy atom. The van der Waals surface area contributed by atoms with Crippen molar-refractivity contribution in [2.45, 2.75) is 0 Å². The van der Waals surface area contributed by atoms with Gasteiger partial charge in [-0.2, -0.15) is 5.10 Å². The molecular weight excluding hydrogens is 352 g/mol. The highest BCUT2D eigenvalue weighted by atomic mass is 79.9. The van der Waals surface area contributed by atoms with E-state index in [4.69, 9.17) is 11.6 Å². The van der Waals surface area contributed by atoms with Gasteiger partial charge in [-0.05, 0) is 24.3 Å². The third kappa shape index (κ3) is 2.77. The molecule has 0 fully saturated rings. The molecule has 0 radical (unpaired) electrons. The van der Waals surface area contributed by atoms with Gasteiger partial charge in [0.05, 0.1) is 16.3 Å². The molecule has 0 aliphatic rings.